The second-order valence-corrected chi connectivity index (χ2v) is 8.62. The van der Waals surface area contributed by atoms with Crippen LogP contribution in [0.3, 0.4) is 0 Å². The van der Waals surface area contributed by atoms with E-state index in [4.69, 9.17) is 9.47 Å². The molecule has 0 aliphatic carbocycles. The van der Waals surface area contributed by atoms with E-state index in [1.807, 2.05) is 30.3 Å². The molecule has 1 unspecified atom stereocenters. The highest BCUT2D eigenvalue weighted by Gasteiger charge is 2.52. The average molecular weight is 418 g/mol. The molecule has 0 saturated carbocycles. The molecule has 2 aromatic rings. The SMILES string of the molecule is COC(=O)c1c(OCc2ccccc2)c(=O)cc(C)n1C(C)(C)C(C)(O)C(C)(C)O. The van der Waals surface area contributed by atoms with Crippen LogP contribution in [0.4, 0.5) is 0 Å². The van der Waals surface area contributed by atoms with Crippen LogP contribution in [0.1, 0.15) is 56.4 Å². The van der Waals surface area contributed by atoms with Crippen molar-refractivity contribution in [1.82, 2.24) is 4.57 Å². The minimum absolute atomic E-state index is 0.0749. The maximum Gasteiger partial charge on any atom is 0.358 e. The first-order chi connectivity index (χ1) is 13.8. The fraction of sp³-hybridized carbons (Fsp3) is 0.478. The van der Waals surface area contributed by atoms with E-state index in [1.54, 1.807) is 20.8 Å². The zero-order valence-corrected chi connectivity index (χ0v) is 18.6. The third-order valence-corrected chi connectivity index (χ3v) is 5.90. The lowest BCUT2D eigenvalue weighted by Crippen LogP contribution is -2.62. The predicted molar refractivity (Wildman–Crippen MR) is 114 cm³/mol. The third kappa shape index (κ3) is 4.13. The van der Waals surface area contributed by atoms with Gasteiger partial charge in [-0.1, -0.05) is 30.3 Å². The van der Waals surface area contributed by atoms with Crippen molar-refractivity contribution in [2.24, 2.45) is 0 Å². The molecule has 0 bridgehead atoms. The van der Waals surface area contributed by atoms with Crippen molar-refractivity contribution in [1.29, 1.82) is 0 Å². The first-order valence-electron chi connectivity index (χ1n) is 9.72. The topological polar surface area (TPSA) is 98.0 Å². The summed E-state index contributed by atoms with van der Waals surface area (Å²) in [5.41, 5.74) is -3.79. The summed E-state index contributed by atoms with van der Waals surface area (Å²) in [5.74, 6) is -0.950. The number of ether oxygens (including phenoxy) is 2. The van der Waals surface area contributed by atoms with Crippen molar-refractivity contribution in [3.05, 3.63) is 63.6 Å². The van der Waals surface area contributed by atoms with E-state index in [9.17, 15) is 19.8 Å². The minimum atomic E-state index is -1.70. The van der Waals surface area contributed by atoms with E-state index in [0.717, 1.165) is 5.56 Å². The molecule has 30 heavy (non-hydrogen) atoms. The minimum Gasteiger partial charge on any atom is -0.482 e. The molecule has 0 fully saturated rings. The van der Waals surface area contributed by atoms with Gasteiger partial charge in [0.05, 0.1) is 18.2 Å². The number of aliphatic hydroxyl groups is 2. The zero-order chi connectivity index (χ0) is 22.9. The van der Waals surface area contributed by atoms with E-state index in [0.29, 0.717) is 5.69 Å². The standard InChI is InChI=1S/C23H31NO6/c1-15-13-17(25)19(30-14-16-11-9-8-10-12-16)18(20(26)29-7)24(15)21(2,3)23(6,28)22(4,5)27/h8-13,27-28H,14H2,1-7H3. The highest BCUT2D eigenvalue weighted by Crippen LogP contribution is 2.40. The summed E-state index contributed by atoms with van der Waals surface area (Å²) in [6.45, 7) is 9.53. The van der Waals surface area contributed by atoms with Crippen LogP contribution in [0.2, 0.25) is 0 Å². The Labute approximate surface area is 176 Å². The van der Waals surface area contributed by atoms with Crippen LogP contribution < -0.4 is 10.2 Å². The van der Waals surface area contributed by atoms with Gasteiger partial charge in [0.15, 0.2) is 11.4 Å². The lowest BCUT2D eigenvalue weighted by Gasteiger charge is -2.49. The number of aryl methyl sites for hydroxylation is 1. The second-order valence-electron chi connectivity index (χ2n) is 8.62. The number of hydrogen-bond donors (Lipinski definition) is 2. The van der Waals surface area contributed by atoms with Gasteiger partial charge >= 0.3 is 5.97 Å². The van der Waals surface area contributed by atoms with Gasteiger partial charge in [0.1, 0.15) is 12.2 Å². The van der Waals surface area contributed by atoms with Gasteiger partial charge < -0.3 is 24.3 Å². The number of aromatic nitrogens is 1. The highest BCUT2D eigenvalue weighted by atomic mass is 16.5. The quantitative estimate of drug-likeness (QED) is 0.673. The monoisotopic (exact) mass is 417 g/mol. The van der Waals surface area contributed by atoms with Crippen LogP contribution in [-0.2, 0) is 16.9 Å². The lowest BCUT2D eigenvalue weighted by molar-refractivity contribution is -0.175. The molecular formula is C23H31NO6. The van der Waals surface area contributed by atoms with Gasteiger partial charge in [-0.15, -0.1) is 0 Å². The van der Waals surface area contributed by atoms with Crippen LogP contribution in [0.15, 0.2) is 41.2 Å². The molecule has 0 aliphatic heterocycles. The van der Waals surface area contributed by atoms with Crippen molar-refractivity contribution in [2.75, 3.05) is 7.11 Å². The summed E-state index contributed by atoms with van der Waals surface area (Å²) in [6, 6.07) is 10.6. The highest BCUT2D eigenvalue weighted by molar-refractivity contribution is 5.90. The Balaban J connectivity index is 2.74. The summed E-state index contributed by atoms with van der Waals surface area (Å²) in [5, 5.41) is 21.9. The number of pyridine rings is 1. The smallest absolute Gasteiger partial charge is 0.358 e. The Kier molecular flexibility index (Phi) is 6.49. The van der Waals surface area contributed by atoms with Crippen molar-refractivity contribution in [2.45, 2.75) is 64.9 Å². The Morgan fingerprint density at radius 1 is 1.07 bits per heavy atom. The summed E-state index contributed by atoms with van der Waals surface area (Å²) in [7, 11) is 1.21. The van der Waals surface area contributed by atoms with Crippen LogP contribution in [0.25, 0.3) is 0 Å². The Hall–Kier alpha value is -2.64. The fourth-order valence-electron chi connectivity index (χ4n) is 3.55. The van der Waals surface area contributed by atoms with E-state index in [-0.39, 0.29) is 18.1 Å². The largest absolute Gasteiger partial charge is 0.482 e. The van der Waals surface area contributed by atoms with Crippen molar-refractivity contribution in [3.63, 3.8) is 0 Å². The van der Waals surface area contributed by atoms with E-state index >= 15 is 0 Å². The maximum absolute atomic E-state index is 12.8. The summed E-state index contributed by atoms with van der Waals surface area (Å²) >= 11 is 0. The summed E-state index contributed by atoms with van der Waals surface area (Å²) in [4.78, 5) is 25.6. The molecule has 164 valence electrons. The van der Waals surface area contributed by atoms with Crippen LogP contribution in [-0.4, -0.2) is 39.1 Å². The van der Waals surface area contributed by atoms with E-state index < -0.39 is 28.1 Å². The zero-order valence-electron chi connectivity index (χ0n) is 18.6. The number of esters is 1. The molecule has 7 nitrogen and oxygen atoms in total. The normalized spacial score (nSPS) is 14.2. The van der Waals surface area contributed by atoms with Crippen LogP contribution >= 0.6 is 0 Å². The maximum atomic E-state index is 12.8. The Morgan fingerprint density at radius 3 is 2.13 bits per heavy atom. The van der Waals surface area contributed by atoms with E-state index in [2.05, 4.69) is 0 Å². The molecule has 1 aromatic carbocycles. The average Bonchev–Trinajstić information content (AvgIpc) is 2.65. The number of nitrogens with zero attached hydrogens (tertiary/aromatic N) is 1. The van der Waals surface area contributed by atoms with Gasteiger partial charge in [0, 0.05) is 11.8 Å². The van der Waals surface area contributed by atoms with Crippen molar-refractivity contribution < 1.29 is 24.5 Å². The molecule has 1 aromatic heterocycles. The molecule has 1 heterocycles. The van der Waals surface area contributed by atoms with E-state index in [1.165, 1.54) is 38.5 Å². The van der Waals surface area contributed by atoms with Gasteiger partial charge in [-0.3, -0.25) is 4.79 Å². The molecule has 0 saturated heterocycles. The molecule has 2 N–H and O–H groups in total. The number of rotatable bonds is 7. The molecule has 7 heteroatoms. The predicted octanol–water partition coefficient (Wildman–Crippen LogP) is 2.78. The Morgan fingerprint density at radius 2 is 1.63 bits per heavy atom. The molecular weight excluding hydrogens is 386 g/mol. The molecule has 2 rings (SSSR count). The van der Waals surface area contributed by atoms with Crippen molar-refractivity contribution in [3.8, 4) is 5.75 Å². The number of hydrogen-bond acceptors (Lipinski definition) is 6. The number of methoxy groups -OCH3 is 1. The molecule has 0 aliphatic rings. The molecule has 1 atom stereocenters. The Bertz CT molecular complexity index is 968. The summed E-state index contributed by atoms with van der Waals surface area (Å²) < 4.78 is 12.2. The fourth-order valence-corrected chi connectivity index (χ4v) is 3.55. The molecule has 0 amide bonds. The molecule has 0 spiro atoms. The summed E-state index contributed by atoms with van der Waals surface area (Å²) in [6.07, 6.45) is 0. The van der Waals surface area contributed by atoms with Crippen molar-refractivity contribution >= 4 is 5.97 Å². The van der Waals surface area contributed by atoms with Crippen LogP contribution in [0, 0.1) is 6.92 Å². The number of carbonyl (C=O) groups excluding carboxylic acids is 1. The third-order valence-electron chi connectivity index (χ3n) is 5.90. The first kappa shape index (κ1) is 23.6. The van der Waals surface area contributed by atoms with Crippen LogP contribution in [0.5, 0.6) is 5.75 Å². The number of benzene rings is 1. The van der Waals surface area contributed by atoms with Gasteiger partial charge in [-0.2, -0.15) is 0 Å². The first-order valence-corrected chi connectivity index (χ1v) is 9.72. The van der Waals surface area contributed by atoms with Gasteiger partial charge in [-0.05, 0) is 47.1 Å². The van der Waals surface area contributed by atoms with Gasteiger partial charge in [0.2, 0.25) is 5.43 Å². The van der Waals surface area contributed by atoms with Gasteiger partial charge in [-0.25, -0.2) is 4.79 Å². The lowest BCUT2D eigenvalue weighted by atomic mass is 9.72. The molecule has 0 radical (unpaired) electrons. The second kappa shape index (κ2) is 8.24. The number of carbonyl (C=O) groups is 1. The van der Waals surface area contributed by atoms with Gasteiger partial charge in [0.25, 0.3) is 0 Å².